The van der Waals surface area contributed by atoms with Crippen molar-refractivity contribution in [2.75, 3.05) is 7.11 Å². The molecule has 1 atom stereocenters. The second-order valence-corrected chi connectivity index (χ2v) is 4.28. The van der Waals surface area contributed by atoms with E-state index in [0.29, 0.717) is 5.92 Å². The van der Waals surface area contributed by atoms with E-state index in [4.69, 9.17) is 0 Å². The van der Waals surface area contributed by atoms with Crippen molar-refractivity contribution in [3.8, 4) is 0 Å². The fourth-order valence-corrected chi connectivity index (χ4v) is 1.69. The van der Waals surface area contributed by atoms with Crippen LogP contribution in [0.1, 0.15) is 33.1 Å². The van der Waals surface area contributed by atoms with E-state index < -0.39 is 0 Å². The summed E-state index contributed by atoms with van der Waals surface area (Å²) in [4.78, 5) is 22.9. The molecule has 1 saturated carbocycles. The molecular formula is C11H18O3. The Kier molecular flexibility index (Phi) is 3.67. The van der Waals surface area contributed by atoms with Crippen molar-refractivity contribution in [1.82, 2.24) is 0 Å². The third-order valence-corrected chi connectivity index (χ3v) is 2.74. The molecule has 0 N–H and O–H groups in total. The van der Waals surface area contributed by atoms with E-state index in [1.807, 2.05) is 13.8 Å². The van der Waals surface area contributed by atoms with Crippen LogP contribution in [0, 0.1) is 17.8 Å². The fourth-order valence-electron chi connectivity index (χ4n) is 1.69. The van der Waals surface area contributed by atoms with E-state index in [1.54, 1.807) is 0 Å². The zero-order chi connectivity index (χ0) is 10.7. The van der Waals surface area contributed by atoms with E-state index >= 15 is 0 Å². The van der Waals surface area contributed by atoms with Gasteiger partial charge < -0.3 is 4.74 Å². The van der Waals surface area contributed by atoms with Crippen molar-refractivity contribution < 1.29 is 14.3 Å². The van der Waals surface area contributed by atoms with E-state index in [2.05, 4.69) is 4.74 Å². The molecule has 1 fully saturated rings. The molecule has 1 aliphatic carbocycles. The molecule has 0 aromatic rings. The molecule has 0 aromatic carbocycles. The summed E-state index contributed by atoms with van der Waals surface area (Å²) < 4.78 is 4.60. The molecule has 0 heterocycles. The molecule has 1 aliphatic rings. The van der Waals surface area contributed by atoms with Gasteiger partial charge in [-0.3, -0.25) is 9.59 Å². The third-order valence-electron chi connectivity index (χ3n) is 2.74. The zero-order valence-electron chi connectivity index (χ0n) is 9.08. The Morgan fingerprint density at radius 2 is 1.93 bits per heavy atom. The van der Waals surface area contributed by atoms with Crippen LogP contribution in [-0.4, -0.2) is 18.9 Å². The molecule has 14 heavy (non-hydrogen) atoms. The highest BCUT2D eigenvalue weighted by Gasteiger charge is 2.38. The first kappa shape index (κ1) is 11.2. The Morgan fingerprint density at radius 3 is 2.29 bits per heavy atom. The number of hydrogen-bond acceptors (Lipinski definition) is 3. The van der Waals surface area contributed by atoms with Gasteiger partial charge in [-0.15, -0.1) is 0 Å². The van der Waals surface area contributed by atoms with E-state index in [-0.39, 0.29) is 30.0 Å². The first-order chi connectivity index (χ1) is 6.56. The van der Waals surface area contributed by atoms with Gasteiger partial charge in [0.2, 0.25) is 0 Å². The molecule has 0 unspecified atom stereocenters. The number of hydrogen-bond donors (Lipinski definition) is 0. The minimum Gasteiger partial charge on any atom is -0.469 e. The van der Waals surface area contributed by atoms with Gasteiger partial charge in [-0.05, 0) is 18.8 Å². The van der Waals surface area contributed by atoms with Crippen molar-refractivity contribution in [3.05, 3.63) is 0 Å². The number of rotatable bonds is 5. The number of esters is 1. The standard InChI is InChI=1S/C11H18O3/c1-7(2)11(13)9(8-4-5-8)6-10(12)14-3/h7-9H,4-6H2,1-3H3/t9-/m0/s1. The topological polar surface area (TPSA) is 43.4 Å². The number of carbonyl (C=O) groups excluding carboxylic acids is 2. The predicted octanol–water partition coefficient (Wildman–Crippen LogP) is 1.80. The Balaban J connectivity index is 2.55. The van der Waals surface area contributed by atoms with Crippen LogP contribution in [-0.2, 0) is 14.3 Å². The van der Waals surface area contributed by atoms with Crippen LogP contribution in [0.15, 0.2) is 0 Å². The minimum atomic E-state index is -0.268. The lowest BCUT2D eigenvalue weighted by molar-refractivity contribution is -0.144. The Bertz CT molecular complexity index is 229. The Morgan fingerprint density at radius 1 is 1.36 bits per heavy atom. The summed E-state index contributed by atoms with van der Waals surface area (Å²) in [7, 11) is 1.37. The first-order valence-corrected chi connectivity index (χ1v) is 5.16. The van der Waals surface area contributed by atoms with Gasteiger partial charge in [0, 0.05) is 11.8 Å². The van der Waals surface area contributed by atoms with Crippen LogP contribution in [0.5, 0.6) is 0 Å². The highest BCUT2D eigenvalue weighted by Crippen LogP contribution is 2.40. The molecule has 0 spiro atoms. The average molecular weight is 198 g/mol. The number of carbonyl (C=O) groups is 2. The van der Waals surface area contributed by atoms with Crippen molar-refractivity contribution in [3.63, 3.8) is 0 Å². The summed E-state index contributed by atoms with van der Waals surface area (Å²) in [5, 5.41) is 0. The van der Waals surface area contributed by atoms with Gasteiger partial charge in [0.05, 0.1) is 13.5 Å². The molecule has 0 saturated heterocycles. The molecule has 0 aromatic heterocycles. The van der Waals surface area contributed by atoms with Crippen molar-refractivity contribution in [1.29, 1.82) is 0 Å². The Labute approximate surface area is 84.8 Å². The number of ketones is 1. The molecule has 0 amide bonds. The van der Waals surface area contributed by atoms with Gasteiger partial charge >= 0.3 is 5.97 Å². The fraction of sp³-hybridized carbons (Fsp3) is 0.818. The lowest BCUT2D eigenvalue weighted by Crippen LogP contribution is -2.25. The van der Waals surface area contributed by atoms with Crippen molar-refractivity contribution >= 4 is 11.8 Å². The highest BCUT2D eigenvalue weighted by molar-refractivity contribution is 5.87. The molecule has 1 rings (SSSR count). The molecule has 0 radical (unpaired) electrons. The van der Waals surface area contributed by atoms with Crippen LogP contribution >= 0.6 is 0 Å². The number of Topliss-reactive ketones (excluding diaryl/α,β-unsaturated/α-hetero) is 1. The van der Waals surface area contributed by atoms with E-state index in [9.17, 15) is 9.59 Å². The average Bonchev–Trinajstić information content (AvgIpc) is 2.95. The van der Waals surface area contributed by atoms with Gasteiger partial charge in [-0.1, -0.05) is 13.8 Å². The minimum absolute atomic E-state index is 0.0188. The van der Waals surface area contributed by atoms with E-state index in [1.165, 1.54) is 7.11 Å². The van der Waals surface area contributed by atoms with Crippen molar-refractivity contribution in [2.45, 2.75) is 33.1 Å². The first-order valence-electron chi connectivity index (χ1n) is 5.16. The lowest BCUT2D eigenvalue weighted by atomic mass is 9.88. The highest BCUT2D eigenvalue weighted by atomic mass is 16.5. The third kappa shape index (κ3) is 2.82. The van der Waals surface area contributed by atoms with Crippen LogP contribution in [0.2, 0.25) is 0 Å². The summed E-state index contributed by atoms with van der Waals surface area (Å²) >= 11 is 0. The van der Waals surface area contributed by atoms with Gasteiger partial charge in [-0.2, -0.15) is 0 Å². The van der Waals surface area contributed by atoms with Gasteiger partial charge in [-0.25, -0.2) is 0 Å². The van der Waals surface area contributed by atoms with Gasteiger partial charge in [0.25, 0.3) is 0 Å². The SMILES string of the molecule is COC(=O)C[C@H](C(=O)C(C)C)C1CC1. The number of ether oxygens (including phenoxy) is 1. The van der Waals surface area contributed by atoms with Crippen LogP contribution < -0.4 is 0 Å². The van der Waals surface area contributed by atoms with Gasteiger partial charge in [0.15, 0.2) is 0 Å². The second-order valence-electron chi connectivity index (χ2n) is 4.28. The molecule has 3 nitrogen and oxygen atoms in total. The Hall–Kier alpha value is -0.860. The quantitative estimate of drug-likeness (QED) is 0.633. The summed E-state index contributed by atoms with van der Waals surface area (Å²) in [5.74, 6) is 0.297. The van der Waals surface area contributed by atoms with Crippen LogP contribution in [0.3, 0.4) is 0 Å². The maximum Gasteiger partial charge on any atom is 0.306 e. The smallest absolute Gasteiger partial charge is 0.306 e. The summed E-state index contributed by atoms with van der Waals surface area (Å²) in [6.45, 7) is 3.77. The molecule has 0 bridgehead atoms. The molecule has 3 heteroatoms. The van der Waals surface area contributed by atoms with Crippen LogP contribution in [0.4, 0.5) is 0 Å². The van der Waals surface area contributed by atoms with E-state index in [0.717, 1.165) is 12.8 Å². The normalized spacial score (nSPS) is 18.0. The molecule has 0 aliphatic heterocycles. The lowest BCUT2D eigenvalue weighted by Gasteiger charge is -2.15. The number of methoxy groups -OCH3 is 1. The maximum atomic E-state index is 11.8. The largest absolute Gasteiger partial charge is 0.469 e. The predicted molar refractivity (Wildman–Crippen MR) is 52.7 cm³/mol. The summed E-state index contributed by atoms with van der Waals surface area (Å²) in [6.07, 6.45) is 2.43. The summed E-state index contributed by atoms with van der Waals surface area (Å²) in [6, 6.07) is 0. The monoisotopic (exact) mass is 198 g/mol. The maximum absolute atomic E-state index is 11.8. The molecule has 80 valence electrons. The summed E-state index contributed by atoms with van der Waals surface area (Å²) in [5.41, 5.74) is 0. The van der Waals surface area contributed by atoms with Crippen LogP contribution in [0.25, 0.3) is 0 Å². The van der Waals surface area contributed by atoms with Gasteiger partial charge in [0.1, 0.15) is 5.78 Å². The zero-order valence-corrected chi connectivity index (χ0v) is 9.08. The second kappa shape index (κ2) is 4.58. The molecular weight excluding hydrogens is 180 g/mol. The van der Waals surface area contributed by atoms with Crippen molar-refractivity contribution in [2.24, 2.45) is 17.8 Å².